The molecule has 0 aliphatic rings. The van der Waals surface area contributed by atoms with Crippen LogP contribution in [0.4, 0.5) is 5.82 Å². The van der Waals surface area contributed by atoms with E-state index in [1.54, 1.807) is 6.92 Å². The van der Waals surface area contributed by atoms with Gasteiger partial charge in [0.1, 0.15) is 5.82 Å². The van der Waals surface area contributed by atoms with Crippen LogP contribution < -0.4 is 5.73 Å². The van der Waals surface area contributed by atoms with Gasteiger partial charge in [0.05, 0.1) is 14.8 Å². The molecule has 0 spiro atoms. The Kier molecular flexibility index (Phi) is 2.51. The first-order valence-electron chi connectivity index (χ1n) is 3.18. The van der Waals surface area contributed by atoms with Crippen LogP contribution in [-0.2, 0) is 0 Å². The van der Waals surface area contributed by atoms with Gasteiger partial charge in [-0.15, -0.1) is 0 Å². The summed E-state index contributed by atoms with van der Waals surface area (Å²) in [5, 5.41) is 8.70. The van der Waals surface area contributed by atoms with Crippen LogP contribution in [0.5, 0.6) is 0 Å². The molecule has 1 aromatic rings. The van der Waals surface area contributed by atoms with Crippen molar-refractivity contribution in [1.29, 1.82) is 0 Å². The number of aromatic nitrogens is 1. The lowest BCUT2D eigenvalue weighted by atomic mass is 10.2. The summed E-state index contributed by atoms with van der Waals surface area (Å²) in [4.78, 5) is 14.5. The molecule has 0 aromatic carbocycles. The van der Waals surface area contributed by atoms with Crippen LogP contribution in [0.15, 0.2) is 6.07 Å². The number of halogens is 1. The average Bonchev–Trinajstić information content (AvgIpc) is 1.96. The van der Waals surface area contributed by atoms with E-state index in [0.29, 0.717) is 15.1 Å². The topological polar surface area (TPSA) is 76.2 Å². The third-order valence-electron chi connectivity index (χ3n) is 1.42. The van der Waals surface area contributed by atoms with E-state index in [2.05, 4.69) is 4.98 Å². The predicted octanol–water partition coefficient (Wildman–Crippen LogP) is 1.28. The van der Waals surface area contributed by atoms with Crippen LogP contribution in [0.2, 0.25) is 0 Å². The molecule has 3 N–H and O–H groups in total. The van der Waals surface area contributed by atoms with Gasteiger partial charge in [-0.3, -0.25) is 0 Å². The summed E-state index contributed by atoms with van der Waals surface area (Å²) in [6.07, 6.45) is 0. The number of carbonyl (C=O) groups is 1. The monoisotopic (exact) mass is 278 g/mol. The number of nitrogen functional groups attached to an aromatic ring is 1. The summed E-state index contributed by atoms with van der Waals surface area (Å²) in [5.74, 6) is -0.601. The van der Waals surface area contributed by atoms with Crippen molar-refractivity contribution in [2.75, 3.05) is 5.73 Å². The van der Waals surface area contributed by atoms with Gasteiger partial charge in [-0.1, -0.05) is 0 Å². The van der Waals surface area contributed by atoms with Crippen molar-refractivity contribution in [1.82, 2.24) is 4.98 Å². The standard InChI is InChI=1S/C7H7IN2O2/c1-3-4(7(11)12)2-5(8)6(9)10-3/h2H,1H3,(H2,9,10)(H,11,12). The average molecular weight is 278 g/mol. The lowest BCUT2D eigenvalue weighted by molar-refractivity contribution is 0.0695. The van der Waals surface area contributed by atoms with Gasteiger partial charge >= 0.3 is 5.97 Å². The number of aromatic carboxylic acids is 1. The highest BCUT2D eigenvalue weighted by molar-refractivity contribution is 14.1. The van der Waals surface area contributed by atoms with Crippen molar-refractivity contribution in [3.63, 3.8) is 0 Å². The molecule has 1 aromatic heterocycles. The SMILES string of the molecule is Cc1nc(N)c(I)cc1C(=O)O. The minimum atomic E-state index is -0.974. The Balaban J connectivity index is 3.33. The third-order valence-corrected chi connectivity index (χ3v) is 2.29. The van der Waals surface area contributed by atoms with Gasteiger partial charge < -0.3 is 10.8 Å². The molecule has 12 heavy (non-hydrogen) atoms. The van der Waals surface area contributed by atoms with Crippen molar-refractivity contribution >= 4 is 34.4 Å². The quantitative estimate of drug-likeness (QED) is 0.758. The van der Waals surface area contributed by atoms with Gasteiger partial charge in [0, 0.05) is 0 Å². The highest BCUT2D eigenvalue weighted by Gasteiger charge is 2.10. The van der Waals surface area contributed by atoms with Crippen molar-refractivity contribution in [3.8, 4) is 0 Å². The van der Waals surface area contributed by atoms with Crippen LogP contribution >= 0.6 is 22.6 Å². The molecule has 1 rings (SSSR count). The molecule has 5 heteroatoms. The van der Waals surface area contributed by atoms with E-state index in [-0.39, 0.29) is 5.56 Å². The van der Waals surface area contributed by atoms with E-state index in [4.69, 9.17) is 10.8 Å². The molecule has 0 aliphatic heterocycles. The van der Waals surface area contributed by atoms with Crippen LogP contribution in [0, 0.1) is 10.5 Å². The summed E-state index contributed by atoms with van der Waals surface area (Å²) in [5.41, 5.74) is 6.13. The van der Waals surface area contributed by atoms with Gasteiger partial charge in [-0.25, -0.2) is 9.78 Å². The second-order valence-electron chi connectivity index (χ2n) is 2.29. The first kappa shape index (κ1) is 9.24. The smallest absolute Gasteiger partial charge is 0.337 e. The first-order chi connectivity index (χ1) is 5.52. The Morgan fingerprint density at radius 1 is 1.75 bits per heavy atom. The maximum Gasteiger partial charge on any atom is 0.337 e. The molecule has 0 atom stereocenters. The van der Waals surface area contributed by atoms with E-state index < -0.39 is 5.97 Å². The van der Waals surface area contributed by atoms with E-state index in [0.717, 1.165) is 0 Å². The number of pyridine rings is 1. The number of carboxylic acid groups (broad SMARTS) is 1. The fourth-order valence-corrected chi connectivity index (χ4v) is 1.25. The van der Waals surface area contributed by atoms with E-state index in [1.165, 1.54) is 6.07 Å². The molecular formula is C7H7IN2O2. The number of hydrogen-bond donors (Lipinski definition) is 2. The van der Waals surface area contributed by atoms with Crippen molar-refractivity contribution in [2.45, 2.75) is 6.92 Å². The summed E-state index contributed by atoms with van der Waals surface area (Å²) < 4.78 is 0.663. The van der Waals surface area contributed by atoms with E-state index in [1.807, 2.05) is 22.6 Å². The Labute approximate surface area is 82.9 Å². The highest BCUT2D eigenvalue weighted by atomic mass is 127. The molecule has 0 amide bonds. The number of aryl methyl sites for hydroxylation is 1. The van der Waals surface area contributed by atoms with Gasteiger partial charge in [-0.05, 0) is 35.6 Å². The van der Waals surface area contributed by atoms with Crippen LogP contribution in [-0.4, -0.2) is 16.1 Å². The summed E-state index contributed by atoms with van der Waals surface area (Å²) in [6.45, 7) is 1.62. The van der Waals surface area contributed by atoms with Crippen molar-refractivity contribution in [3.05, 3.63) is 20.9 Å². The lowest BCUT2D eigenvalue weighted by Crippen LogP contribution is -2.05. The Bertz CT molecular complexity index is 338. The van der Waals surface area contributed by atoms with Gasteiger partial charge in [0.2, 0.25) is 0 Å². The van der Waals surface area contributed by atoms with Gasteiger partial charge in [0.25, 0.3) is 0 Å². The number of nitrogens with zero attached hydrogens (tertiary/aromatic N) is 1. The first-order valence-corrected chi connectivity index (χ1v) is 4.26. The highest BCUT2D eigenvalue weighted by Crippen LogP contribution is 2.16. The molecular weight excluding hydrogens is 271 g/mol. The van der Waals surface area contributed by atoms with Crippen LogP contribution in [0.3, 0.4) is 0 Å². The predicted molar refractivity (Wildman–Crippen MR) is 53.1 cm³/mol. The summed E-state index contributed by atoms with van der Waals surface area (Å²) in [7, 11) is 0. The zero-order valence-corrected chi connectivity index (χ0v) is 8.49. The summed E-state index contributed by atoms with van der Waals surface area (Å²) in [6, 6.07) is 1.51. The molecule has 0 saturated heterocycles. The molecule has 0 saturated carbocycles. The minimum absolute atomic E-state index is 0.202. The number of nitrogens with two attached hydrogens (primary N) is 1. The normalized spacial score (nSPS) is 9.83. The minimum Gasteiger partial charge on any atom is -0.478 e. The molecule has 0 unspecified atom stereocenters. The Morgan fingerprint density at radius 2 is 2.33 bits per heavy atom. The maximum absolute atomic E-state index is 10.6. The lowest BCUT2D eigenvalue weighted by Gasteiger charge is -2.02. The molecule has 0 bridgehead atoms. The molecule has 0 fully saturated rings. The Morgan fingerprint density at radius 3 is 2.83 bits per heavy atom. The van der Waals surface area contributed by atoms with Crippen molar-refractivity contribution < 1.29 is 9.90 Å². The van der Waals surface area contributed by atoms with Crippen molar-refractivity contribution in [2.24, 2.45) is 0 Å². The molecule has 64 valence electrons. The fourth-order valence-electron chi connectivity index (χ4n) is 0.816. The van der Waals surface area contributed by atoms with Gasteiger partial charge in [0.15, 0.2) is 0 Å². The van der Waals surface area contributed by atoms with E-state index in [9.17, 15) is 4.79 Å². The Hall–Kier alpha value is -0.850. The maximum atomic E-state index is 10.6. The molecule has 4 nitrogen and oxygen atoms in total. The van der Waals surface area contributed by atoms with Gasteiger partial charge in [-0.2, -0.15) is 0 Å². The molecule has 1 heterocycles. The fraction of sp³-hybridized carbons (Fsp3) is 0.143. The zero-order valence-electron chi connectivity index (χ0n) is 6.34. The second kappa shape index (κ2) is 3.26. The number of rotatable bonds is 1. The third kappa shape index (κ3) is 1.66. The zero-order chi connectivity index (χ0) is 9.30. The number of hydrogen-bond acceptors (Lipinski definition) is 3. The molecule has 0 aliphatic carbocycles. The van der Waals surface area contributed by atoms with E-state index >= 15 is 0 Å². The summed E-state index contributed by atoms with van der Waals surface area (Å²) >= 11 is 1.95. The number of anilines is 1. The molecule has 0 radical (unpaired) electrons. The van der Waals surface area contributed by atoms with Crippen LogP contribution in [0.1, 0.15) is 16.1 Å². The second-order valence-corrected chi connectivity index (χ2v) is 3.46. The van der Waals surface area contributed by atoms with Crippen LogP contribution in [0.25, 0.3) is 0 Å². The number of carboxylic acids is 1. The largest absolute Gasteiger partial charge is 0.478 e.